The fraction of sp³-hybridized carbons (Fsp3) is 0.500. The van der Waals surface area contributed by atoms with Crippen LogP contribution >= 0.6 is 0 Å². The number of carbonyl (C=O) groups is 1. The van der Waals surface area contributed by atoms with Crippen molar-refractivity contribution in [2.45, 2.75) is 32.9 Å². The molecular weight excluding hydrogens is 382 g/mol. The summed E-state index contributed by atoms with van der Waals surface area (Å²) in [6.45, 7) is 6.38. The lowest BCUT2D eigenvalue weighted by molar-refractivity contribution is -0.107. The highest BCUT2D eigenvalue weighted by atomic mass is 16.5. The minimum Gasteiger partial charge on any atom is -0.461 e. The summed E-state index contributed by atoms with van der Waals surface area (Å²) < 4.78 is 10.6. The van der Waals surface area contributed by atoms with Crippen LogP contribution in [0.3, 0.4) is 0 Å². The van der Waals surface area contributed by atoms with Gasteiger partial charge in [-0.25, -0.2) is 0 Å². The first-order valence-electron chi connectivity index (χ1n) is 10.3. The van der Waals surface area contributed by atoms with Crippen molar-refractivity contribution in [2.75, 3.05) is 50.7 Å². The maximum Gasteiger partial charge on any atom is 0.318 e. The number of ether oxygens (including phenoxy) is 2. The zero-order chi connectivity index (χ0) is 21.3. The Labute approximate surface area is 178 Å². The second-order valence-electron chi connectivity index (χ2n) is 7.41. The van der Waals surface area contributed by atoms with Crippen LogP contribution in [0.5, 0.6) is 6.01 Å². The number of rotatable bonds is 11. The number of hydrogen-bond donors (Lipinski definition) is 1. The summed E-state index contributed by atoms with van der Waals surface area (Å²) in [5.41, 5.74) is 3.74. The maximum absolute atomic E-state index is 11.9. The standard InChI is InChI=1S/C22H31N5O3/c1-17-20(23-2)21(25-22(24-17)30-13-12-29-3)27(16-28)15-19-8-6-18(7-9-19)14-26-10-4-5-11-26/h6-9,16,23H,4-5,10-15H2,1-3H3. The lowest BCUT2D eigenvalue weighted by atomic mass is 10.1. The number of anilines is 2. The van der Waals surface area contributed by atoms with Crippen LogP contribution in [0.15, 0.2) is 24.3 Å². The first-order valence-corrected chi connectivity index (χ1v) is 10.3. The molecule has 0 atom stereocenters. The lowest BCUT2D eigenvalue weighted by Crippen LogP contribution is -2.24. The van der Waals surface area contributed by atoms with Crippen molar-refractivity contribution in [3.8, 4) is 6.01 Å². The molecule has 0 aliphatic carbocycles. The number of likely N-dealkylation sites (tertiary alicyclic amines) is 1. The summed E-state index contributed by atoms with van der Waals surface area (Å²) in [6, 6.07) is 8.65. The molecule has 2 aromatic rings. The van der Waals surface area contributed by atoms with Gasteiger partial charge in [0.25, 0.3) is 0 Å². The first-order chi connectivity index (χ1) is 14.6. The summed E-state index contributed by atoms with van der Waals surface area (Å²) in [5.74, 6) is 0.494. The Hall–Kier alpha value is -2.71. The highest BCUT2D eigenvalue weighted by molar-refractivity contribution is 5.81. The molecule has 30 heavy (non-hydrogen) atoms. The summed E-state index contributed by atoms with van der Waals surface area (Å²) in [6.07, 6.45) is 3.37. The fourth-order valence-electron chi connectivity index (χ4n) is 3.62. The predicted octanol–water partition coefficient (Wildman–Crippen LogP) is 2.61. The van der Waals surface area contributed by atoms with E-state index in [0.29, 0.717) is 37.0 Å². The minimum absolute atomic E-state index is 0.228. The average Bonchev–Trinajstić information content (AvgIpc) is 3.26. The molecule has 1 aliphatic heterocycles. The summed E-state index contributed by atoms with van der Waals surface area (Å²) in [7, 11) is 3.40. The number of methoxy groups -OCH3 is 1. The van der Waals surface area contributed by atoms with Crippen LogP contribution in [0.4, 0.5) is 11.5 Å². The van der Waals surface area contributed by atoms with Crippen molar-refractivity contribution in [1.29, 1.82) is 0 Å². The van der Waals surface area contributed by atoms with Crippen molar-refractivity contribution in [1.82, 2.24) is 14.9 Å². The van der Waals surface area contributed by atoms with E-state index in [1.807, 2.05) is 6.92 Å². The quantitative estimate of drug-likeness (QED) is 0.448. The van der Waals surface area contributed by atoms with E-state index >= 15 is 0 Å². The van der Waals surface area contributed by atoms with E-state index in [2.05, 4.69) is 44.5 Å². The van der Waals surface area contributed by atoms with Crippen LogP contribution < -0.4 is 15.0 Å². The highest BCUT2D eigenvalue weighted by Crippen LogP contribution is 2.28. The molecule has 1 saturated heterocycles. The molecule has 1 aliphatic rings. The van der Waals surface area contributed by atoms with Gasteiger partial charge in [0.2, 0.25) is 6.41 Å². The number of aromatic nitrogens is 2. The SMILES string of the molecule is CNc1c(C)nc(OCCOC)nc1N(C=O)Cc1ccc(CN2CCCC2)cc1. The van der Waals surface area contributed by atoms with E-state index in [1.54, 1.807) is 19.1 Å². The maximum atomic E-state index is 11.9. The Morgan fingerprint density at radius 2 is 1.83 bits per heavy atom. The molecule has 0 spiro atoms. The van der Waals surface area contributed by atoms with Crippen LogP contribution in [-0.4, -0.2) is 61.7 Å². The molecule has 1 N–H and O–H groups in total. The zero-order valence-corrected chi connectivity index (χ0v) is 18.1. The van der Waals surface area contributed by atoms with Crippen molar-refractivity contribution >= 4 is 17.9 Å². The van der Waals surface area contributed by atoms with Gasteiger partial charge in [-0.05, 0) is 44.0 Å². The van der Waals surface area contributed by atoms with Gasteiger partial charge in [0, 0.05) is 20.7 Å². The van der Waals surface area contributed by atoms with E-state index in [1.165, 1.54) is 31.5 Å². The number of amides is 1. The van der Waals surface area contributed by atoms with Gasteiger partial charge in [-0.3, -0.25) is 14.6 Å². The zero-order valence-electron chi connectivity index (χ0n) is 18.1. The van der Waals surface area contributed by atoms with Crippen LogP contribution in [0.1, 0.15) is 29.7 Å². The molecule has 2 heterocycles. The monoisotopic (exact) mass is 413 g/mol. The number of aryl methyl sites for hydroxylation is 1. The average molecular weight is 414 g/mol. The third-order valence-corrected chi connectivity index (χ3v) is 5.20. The molecule has 0 unspecified atom stereocenters. The second-order valence-corrected chi connectivity index (χ2v) is 7.41. The van der Waals surface area contributed by atoms with Crippen LogP contribution in [-0.2, 0) is 22.6 Å². The predicted molar refractivity (Wildman–Crippen MR) is 117 cm³/mol. The van der Waals surface area contributed by atoms with Gasteiger partial charge in [0.05, 0.1) is 24.5 Å². The van der Waals surface area contributed by atoms with Gasteiger partial charge in [-0.15, -0.1) is 0 Å². The van der Waals surface area contributed by atoms with E-state index in [0.717, 1.165) is 18.5 Å². The van der Waals surface area contributed by atoms with Gasteiger partial charge in [0.1, 0.15) is 6.61 Å². The third kappa shape index (κ3) is 5.67. The summed E-state index contributed by atoms with van der Waals surface area (Å²) in [5, 5.41) is 3.10. The van der Waals surface area contributed by atoms with Crippen LogP contribution in [0.2, 0.25) is 0 Å². The summed E-state index contributed by atoms with van der Waals surface area (Å²) in [4.78, 5) is 24.8. The number of carbonyl (C=O) groups excluding carboxylic acids is 1. The summed E-state index contributed by atoms with van der Waals surface area (Å²) >= 11 is 0. The number of nitrogens with zero attached hydrogens (tertiary/aromatic N) is 4. The fourth-order valence-corrected chi connectivity index (χ4v) is 3.62. The molecule has 0 radical (unpaired) electrons. The molecule has 1 fully saturated rings. The smallest absolute Gasteiger partial charge is 0.318 e. The number of hydrogen-bond acceptors (Lipinski definition) is 7. The highest BCUT2D eigenvalue weighted by Gasteiger charge is 2.18. The largest absolute Gasteiger partial charge is 0.461 e. The van der Waals surface area contributed by atoms with Crippen molar-refractivity contribution < 1.29 is 14.3 Å². The normalized spacial score (nSPS) is 14.0. The molecule has 1 amide bonds. The lowest BCUT2D eigenvalue weighted by Gasteiger charge is -2.21. The van der Waals surface area contributed by atoms with Gasteiger partial charge < -0.3 is 14.8 Å². The van der Waals surface area contributed by atoms with E-state index in [-0.39, 0.29) is 6.01 Å². The van der Waals surface area contributed by atoms with Gasteiger partial charge in [-0.1, -0.05) is 24.3 Å². The Balaban J connectivity index is 1.74. The molecule has 0 bridgehead atoms. The Bertz CT molecular complexity index is 822. The molecule has 8 nitrogen and oxygen atoms in total. The Morgan fingerprint density at radius 3 is 2.47 bits per heavy atom. The Morgan fingerprint density at radius 1 is 1.13 bits per heavy atom. The first kappa shape index (κ1) is 22.0. The molecule has 3 rings (SSSR count). The molecule has 162 valence electrons. The van der Waals surface area contributed by atoms with E-state index < -0.39 is 0 Å². The number of nitrogens with one attached hydrogen (secondary N) is 1. The molecular formula is C22H31N5O3. The van der Waals surface area contributed by atoms with Gasteiger partial charge >= 0.3 is 6.01 Å². The molecule has 0 saturated carbocycles. The van der Waals surface area contributed by atoms with Gasteiger partial charge in [-0.2, -0.15) is 9.97 Å². The minimum atomic E-state index is 0.228. The molecule has 1 aromatic heterocycles. The third-order valence-electron chi connectivity index (χ3n) is 5.20. The van der Waals surface area contributed by atoms with Crippen LogP contribution in [0.25, 0.3) is 0 Å². The Kier molecular flexibility index (Phi) is 7.98. The molecule has 8 heteroatoms. The van der Waals surface area contributed by atoms with Gasteiger partial charge in [0.15, 0.2) is 5.82 Å². The van der Waals surface area contributed by atoms with Crippen molar-refractivity contribution in [3.63, 3.8) is 0 Å². The second kappa shape index (κ2) is 10.9. The topological polar surface area (TPSA) is 79.8 Å². The van der Waals surface area contributed by atoms with Crippen molar-refractivity contribution in [2.24, 2.45) is 0 Å². The number of benzene rings is 1. The van der Waals surface area contributed by atoms with Crippen molar-refractivity contribution in [3.05, 3.63) is 41.1 Å². The van der Waals surface area contributed by atoms with E-state index in [4.69, 9.17) is 9.47 Å². The van der Waals surface area contributed by atoms with Crippen LogP contribution in [0, 0.1) is 6.92 Å². The van der Waals surface area contributed by atoms with E-state index in [9.17, 15) is 4.79 Å². The molecule has 1 aromatic carbocycles.